The van der Waals surface area contributed by atoms with E-state index < -0.39 is 0 Å². The molecule has 0 fully saturated rings. The zero-order valence-corrected chi connectivity index (χ0v) is 14.4. The molecule has 122 valence electrons. The van der Waals surface area contributed by atoms with Gasteiger partial charge in [0, 0.05) is 4.88 Å². The maximum Gasteiger partial charge on any atom is 0.264 e. The van der Waals surface area contributed by atoms with Gasteiger partial charge in [0.15, 0.2) is 11.7 Å². The normalized spacial score (nSPS) is 16.7. The molecule has 0 saturated heterocycles. The second kappa shape index (κ2) is 7.13. The molecular weight excluding hydrogens is 308 g/mol. The number of anilines is 1. The summed E-state index contributed by atoms with van der Waals surface area (Å²) in [5.74, 6) is 1.26. The number of hydrogen-bond donors (Lipinski definition) is 1. The van der Waals surface area contributed by atoms with E-state index in [1.54, 1.807) is 11.3 Å². The minimum Gasteiger partial charge on any atom is -0.484 e. The zero-order valence-electron chi connectivity index (χ0n) is 13.6. The lowest BCUT2D eigenvalue weighted by Gasteiger charge is -2.15. The van der Waals surface area contributed by atoms with E-state index in [4.69, 9.17) is 4.74 Å². The summed E-state index contributed by atoms with van der Waals surface area (Å²) in [6.45, 7) is 4.38. The van der Waals surface area contributed by atoms with Crippen molar-refractivity contribution in [2.75, 3.05) is 11.9 Å². The maximum atomic E-state index is 12.0. The van der Waals surface area contributed by atoms with Gasteiger partial charge in [-0.25, -0.2) is 4.98 Å². The van der Waals surface area contributed by atoms with Gasteiger partial charge in [0.1, 0.15) is 5.75 Å². The molecule has 2 aromatic rings. The average Bonchev–Trinajstić information content (AvgIpc) is 2.94. The van der Waals surface area contributed by atoms with Crippen LogP contribution in [0.25, 0.3) is 0 Å². The van der Waals surface area contributed by atoms with Crippen molar-refractivity contribution in [3.8, 4) is 5.75 Å². The zero-order chi connectivity index (χ0) is 16.2. The van der Waals surface area contributed by atoms with Crippen LogP contribution in [-0.4, -0.2) is 17.5 Å². The molecule has 1 aromatic heterocycles. The monoisotopic (exact) mass is 330 g/mol. The summed E-state index contributed by atoms with van der Waals surface area (Å²) in [6, 6.07) is 7.83. The van der Waals surface area contributed by atoms with Crippen molar-refractivity contribution in [2.24, 2.45) is 5.92 Å². The molecule has 1 N–H and O–H groups in total. The molecule has 0 radical (unpaired) electrons. The van der Waals surface area contributed by atoms with Crippen molar-refractivity contribution in [3.05, 3.63) is 40.4 Å². The second-order valence-electron chi connectivity index (χ2n) is 6.07. The highest BCUT2D eigenvalue weighted by atomic mass is 32.1. The number of aryl methyl sites for hydroxylation is 2. The molecule has 1 aliphatic rings. The Kier molecular flexibility index (Phi) is 4.96. The number of nitrogens with one attached hydrogen (secondary N) is 1. The third-order valence-corrected chi connectivity index (χ3v) is 5.17. The summed E-state index contributed by atoms with van der Waals surface area (Å²) in [4.78, 5) is 17.9. The molecule has 5 heteroatoms. The molecule has 1 amide bonds. The van der Waals surface area contributed by atoms with Crippen LogP contribution in [0, 0.1) is 5.92 Å². The quantitative estimate of drug-likeness (QED) is 0.906. The van der Waals surface area contributed by atoms with Crippen molar-refractivity contribution in [2.45, 2.75) is 39.5 Å². The van der Waals surface area contributed by atoms with Crippen LogP contribution in [0.3, 0.4) is 0 Å². The molecule has 0 aliphatic heterocycles. The summed E-state index contributed by atoms with van der Waals surface area (Å²) in [5, 5.41) is 3.54. The Balaban J connectivity index is 1.53. The smallest absolute Gasteiger partial charge is 0.264 e. The summed E-state index contributed by atoms with van der Waals surface area (Å²) in [6.07, 6.45) is 4.27. The first-order chi connectivity index (χ1) is 11.1. The molecule has 0 saturated carbocycles. The summed E-state index contributed by atoms with van der Waals surface area (Å²) >= 11 is 1.60. The highest BCUT2D eigenvalue weighted by Gasteiger charge is 2.20. The number of benzene rings is 1. The van der Waals surface area contributed by atoms with Crippen molar-refractivity contribution in [1.82, 2.24) is 4.98 Å². The van der Waals surface area contributed by atoms with E-state index >= 15 is 0 Å². The van der Waals surface area contributed by atoms with Crippen LogP contribution in [0.15, 0.2) is 24.3 Å². The number of amides is 1. The van der Waals surface area contributed by atoms with E-state index in [1.165, 1.54) is 16.9 Å². The Morgan fingerprint density at radius 3 is 2.91 bits per heavy atom. The number of fused-ring (bicyclic) bond motifs is 1. The van der Waals surface area contributed by atoms with E-state index in [0.717, 1.165) is 25.0 Å². The van der Waals surface area contributed by atoms with Crippen molar-refractivity contribution >= 4 is 22.4 Å². The van der Waals surface area contributed by atoms with E-state index in [1.807, 2.05) is 24.3 Å². The summed E-state index contributed by atoms with van der Waals surface area (Å²) < 4.78 is 5.52. The first-order valence-electron chi connectivity index (χ1n) is 8.14. The Morgan fingerprint density at radius 1 is 1.39 bits per heavy atom. The molecule has 1 aliphatic carbocycles. The fourth-order valence-electron chi connectivity index (χ4n) is 2.72. The van der Waals surface area contributed by atoms with Gasteiger partial charge in [0.25, 0.3) is 5.91 Å². The summed E-state index contributed by atoms with van der Waals surface area (Å²) in [5.41, 5.74) is 2.41. The van der Waals surface area contributed by atoms with Gasteiger partial charge in [0.05, 0.1) is 5.69 Å². The van der Waals surface area contributed by atoms with E-state index in [-0.39, 0.29) is 12.5 Å². The topological polar surface area (TPSA) is 51.2 Å². The standard InChI is InChI=1S/C18H22N2O2S/c1-3-13-5-7-14(8-6-13)22-11-17(21)20-18-19-15-9-4-12(2)10-16(15)23-18/h5-8,12H,3-4,9-11H2,1-2H3,(H,19,20,21)/t12-/m0/s1. The van der Waals surface area contributed by atoms with Crippen LogP contribution >= 0.6 is 11.3 Å². The second-order valence-corrected chi connectivity index (χ2v) is 7.15. The lowest BCUT2D eigenvalue weighted by Crippen LogP contribution is -2.20. The van der Waals surface area contributed by atoms with Crippen LogP contribution in [0.4, 0.5) is 5.13 Å². The van der Waals surface area contributed by atoms with Gasteiger partial charge in [-0.3, -0.25) is 10.1 Å². The molecule has 4 nitrogen and oxygen atoms in total. The van der Waals surface area contributed by atoms with Gasteiger partial charge < -0.3 is 4.74 Å². The van der Waals surface area contributed by atoms with Crippen molar-refractivity contribution < 1.29 is 9.53 Å². The number of thiazole rings is 1. The molecule has 1 heterocycles. The molecule has 1 atom stereocenters. The third kappa shape index (κ3) is 4.10. The fraction of sp³-hybridized carbons (Fsp3) is 0.444. The molecule has 3 rings (SSSR count). The van der Waals surface area contributed by atoms with E-state index in [9.17, 15) is 4.79 Å². The van der Waals surface area contributed by atoms with Crippen LogP contribution in [0.1, 0.15) is 36.4 Å². The highest BCUT2D eigenvalue weighted by molar-refractivity contribution is 7.15. The summed E-state index contributed by atoms with van der Waals surface area (Å²) in [7, 11) is 0. The maximum absolute atomic E-state index is 12.0. The Morgan fingerprint density at radius 2 is 2.17 bits per heavy atom. The number of carbonyl (C=O) groups is 1. The molecule has 23 heavy (non-hydrogen) atoms. The molecule has 0 bridgehead atoms. The lowest BCUT2D eigenvalue weighted by atomic mass is 9.93. The van der Waals surface area contributed by atoms with Crippen LogP contribution in [0.5, 0.6) is 5.75 Å². The van der Waals surface area contributed by atoms with Crippen LogP contribution in [-0.2, 0) is 24.1 Å². The molecule has 0 spiro atoms. The van der Waals surface area contributed by atoms with Crippen LogP contribution < -0.4 is 10.1 Å². The predicted octanol–water partition coefficient (Wildman–Crippen LogP) is 3.85. The lowest BCUT2D eigenvalue weighted by molar-refractivity contribution is -0.118. The first-order valence-corrected chi connectivity index (χ1v) is 8.96. The fourth-order valence-corrected chi connectivity index (χ4v) is 3.91. The van der Waals surface area contributed by atoms with Gasteiger partial charge in [-0.05, 0) is 49.3 Å². The van der Waals surface area contributed by atoms with Gasteiger partial charge in [-0.15, -0.1) is 11.3 Å². The number of nitrogens with zero attached hydrogens (tertiary/aromatic N) is 1. The molecular formula is C18H22N2O2S. The SMILES string of the molecule is CCc1ccc(OCC(=O)Nc2nc3c(s2)C[C@@H](C)CC3)cc1. The predicted molar refractivity (Wildman–Crippen MR) is 93.2 cm³/mol. The minimum absolute atomic E-state index is 0.00607. The number of hydrogen-bond acceptors (Lipinski definition) is 4. The van der Waals surface area contributed by atoms with Gasteiger partial charge in [-0.2, -0.15) is 0 Å². The van der Waals surface area contributed by atoms with E-state index in [0.29, 0.717) is 16.8 Å². The Hall–Kier alpha value is -1.88. The average molecular weight is 330 g/mol. The van der Waals surface area contributed by atoms with E-state index in [2.05, 4.69) is 24.1 Å². The third-order valence-electron chi connectivity index (χ3n) is 4.13. The van der Waals surface area contributed by atoms with Crippen molar-refractivity contribution in [3.63, 3.8) is 0 Å². The largest absolute Gasteiger partial charge is 0.484 e. The minimum atomic E-state index is -0.163. The van der Waals surface area contributed by atoms with Gasteiger partial charge in [0.2, 0.25) is 0 Å². The Labute approximate surface area is 140 Å². The van der Waals surface area contributed by atoms with Gasteiger partial charge in [-0.1, -0.05) is 26.0 Å². The number of carbonyl (C=O) groups excluding carboxylic acids is 1. The first kappa shape index (κ1) is 16.0. The number of aromatic nitrogens is 1. The highest BCUT2D eigenvalue weighted by Crippen LogP contribution is 2.32. The number of ether oxygens (including phenoxy) is 1. The van der Waals surface area contributed by atoms with Gasteiger partial charge >= 0.3 is 0 Å². The Bertz CT molecular complexity index is 679. The number of rotatable bonds is 5. The van der Waals surface area contributed by atoms with Crippen molar-refractivity contribution in [1.29, 1.82) is 0 Å². The molecule has 0 unspecified atom stereocenters. The molecule has 1 aromatic carbocycles. The van der Waals surface area contributed by atoms with Crippen LogP contribution in [0.2, 0.25) is 0 Å².